The van der Waals surface area contributed by atoms with Crippen molar-refractivity contribution >= 4 is 5.69 Å². The quantitative estimate of drug-likeness (QED) is 0.608. The number of anilines is 1. The number of fused-ring (bicyclic) bond motifs is 1. The summed E-state index contributed by atoms with van der Waals surface area (Å²) in [5.74, 6) is 1.08. The van der Waals surface area contributed by atoms with Crippen LogP contribution in [0.4, 0.5) is 5.69 Å². The van der Waals surface area contributed by atoms with Crippen molar-refractivity contribution in [1.29, 1.82) is 0 Å². The first-order chi connectivity index (χ1) is 10.8. The third-order valence-corrected chi connectivity index (χ3v) is 5.12. The molecule has 0 bridgehead atoms. The van der Waals surface area contributed by atoms with Gasteiger partial charge in [0.2, 0.25) is 0 Å². The molecule has 1 aliphatic carbocycles. The average Bonchev–Trinajstić information content (AvgIpc) is 2.57. The molecule has 2 atom stereocenters. The van der Waals surface area contributed by atoms with E-state index in [4.69, 9.17) is 0 Å². The van der Waals surface area contributed by atoms with E-state index in [9.17, 15) is 0 Å². The highest BCUT2D eigenvalue weighted by molar-refractivity contribution is 5.59. The SMILES string of the molecule is Cc1ccc(N2C=CC=CC3C(C(C)(C)C)=CC32)cc1C(C)C. The van der Waals surface area contributed by atoms with E-state index < -0.39 is 0 Å². The topological polar surface area (TPSA) is 3.24 Å². The average molecular weight is 307 g/mol. The highest BCUT2D eigenvalue weighted by Crippen LogP contribution is 2.45. The molecule has 1 heterocycles. The first-order valence-corrected chi connectivity index (χ1v) is 8.75. The largest absolute Gasteiger partial charge is 0.340 e. The Labute approximate surface area is 141 Å². The maximum absolute atomic E-state index is 2.46. The van der Waals surface area contributed by atoms with E-state index in [-0.39, 0.29) is 5.41 Å². The molecule has 2 aliphatic rings. The molecule has 23 heavy (non-hydrogen) atoms. The van der Waals surface area contributed by atoms with E-state index >= 15 is 0 Å². The zero-order valence-electron chi connectivity index (χ0n) is 15.3. The van der Waals surface area contributed by atoms with Crippen molar-refractivity contribution in [1.82, 2.24) is 0 Å². The highest BCUT2D eigenvalue weighted by Gasteiger charge is 2.40. The number of allylic oxidation sites excluding steroid dienone is 2. The van der Waals surface area contributed by atoms with Gasteiger partial charge in [-0.25, -0.2) is 0 Å². The van der Waals surface area contributed by atoms with Gasteiger partial charge in [0.1, 0.15) is 0 Å². The van der Waals surface area contributed by atoms with Gasteiger partial charge in [-0.2, -0.15) is 0 Å². The zero-order chi connectivity index (χ0) is 16.8. The van der Waals surface area contributed by atoms with Crippen LogP contribution in [0.15, 0.2) is 54.3 Å². The lowest BCUT2D eigenvalue weighted by Gasteiger charge is -2.45. The fraction of sp³-hybridized carbons (Fsp3) is 0.455. The molecule has 0 saturated carbocycles. The standard InChI is InChI=1S/C22H29N/c1-15(2)19-13-17(11-10-16(19)3)23-12-8-7-9-18-20(14-21(18)23)22(4,5)6/h7-15,18,21H,1-6H3. The van der Waals surface area contributed by atoms with Gasteiger partial charge in [0, 0.05) is 17.8 Å². The third-order valence-electron chi connectivity index (χ3n) is 5.12. The molecule has 1 aromatic carbocycles. The summed E-state index contributed by atoms with van der Waals surface area (Å²) in [7, 11) is 0. The molecule has 0 aromatic heterocycles. The minimum atomic E-state index is 0.248. The number of nitrogens with zero attached hydrogens (tertiary/aromatic N) is 1. The van der Waals surface area contributed by atoms with Crippen molar-refractivity contribution in [2.45, 2.75) is 53.5 Å². The molecule has 0 radical (unpaired) electrons. The van der Waals surface area contributed by atoms with Gasteiger partial charge in [-0.15, -0.1) is 0 Å². The Bertz CT molecular complexity index is 682. The van der Waals surface area contributed by atoms with Crippen LogP contribution < -0.4 is 4.90 Å². The van der Waals surface area contributed by atoms with Crippen molar-refractivity contribution in [3.63, 3.8) is 0 Å². The Morgan fingerprint density at radius 1 is 1.09 bits per heavy atom. The maximum Gasteiger partial charge on any atom is 0.0619 e. The summed E-state index contributed by atoms with van der Waals surface area (Å²) in [4.78, 5) is 2.44. The summed E-state index contributed by atoms with van der Waals surface area (Å²) in [5, 5.41) is 0. The van der Waals surface area contributed by atoms with Crippen LogP contribution in [-0.4, -0.2) is 6.04 Å². The van der Waals surface area contributed by atoms with Crippen molar-refractivity contribution < 1.29 is 0 Å². The first-order valence-electron chi connectivity index (χ1n) is 8.75. The first kappa shape index (κ1) is 16.1. The summed E-state index contributed by atoms with van der Waals surface area (Å²) in [6.45, 7) is 13.7. The van der Waals surface area contributed by atoms with Crippen LogP contribution in [-0.2, 0) is 0 Å². The number of aryl methyl sites for hydroxylation is 1. The van der Waals surface area contributed by atoms with Gasteiger partial charge in [0.05, 0.1) is 6.04 Å². The Morgan fingerprint density at radius 3 is 2.48 bits per heavy atom. The van der Waals surface area contributed by atoms with E-state index in [0.717, 1.165) is 0 Å². The Hall–Kier alpha value is -1.76. The van der Waals surface area contributed by atoms with Crippen LogP contribution >= 0.6 is 0 Å². The molecule has 0 amide bonds. The highest BCUT2D eigenvalue weighted by atomic mass is 15.2. The number of hydrogen-bond acceptors (Lipinski definition) is 1. The van der Waals surface area contributed by atoms with E-state index in [1.165, 1.54) is 16.8 Å². The third kappa shape index (κ3) is 2.89. The predicted molar refractivity (Wildman–Crippen MR) is 101 cm³/mol. The summed E-state index contributed by atoms with van der Waals surface area (Å²) < 4.78 is 0. The molecule has 0 spiro atoms. The van der Waals surface area contributed by atoms with Gasteiger partial charge in [-0.05, 0) is 47.6 Å². The fourth-order valence-electron chi connectivity index (χ4n) is 3.78. The van der Waals surface area contributed by atoms with Crippen LogP contribution in [0.3, 0.4) is 0 Å². The molecular weight excluding hydrogens is 278 g/mol. The smallest absolute Gasteiger partial charge is 0.0619 e. The van der Waals surface area contributed by atoms with Gasteiger partial charge in [0.15, 0.2) is 0 Å². The van der Waals surface area contributed by atoms with E-state index in [0.29, 0.717) is 17.9 Å². The second-order valence-corrected chi connectivity index (χ2v) is 8.22. The predicted octanol–water partition coefficient (Wildman–Crippen LogP) is 5.98. The Kier molecular flexibility index (Phi) is 4.00. The van der Waals surface area contributed by atoms with Gasteiger partial charge in [0.25, 0.3) is 0 Å². The van der Waals surface area contributed by atoms with Gasteiger partial charge in [-0.1, -0.05) is 64.5 Å². The second-order valence-electron chi connectivity index (χ2n) is 8.22. The monoisotopic (exact) mass is 307 g/mol. The Morgan fingerprint density at radius 2 is 1.83 bits per heavy atom. The van der Waals surface area contributed by atoms with Crippen LogP contribution in [0.5, 0.6) is 0 Å². The molecule has 0 N–H and O–H groups in total. The van der Waals surface area contributed by atoms with Gasteiger partial charge < -0.3 is 4.90 Å². The lowest BCUT2D eigenvalue weighted by atomic mass is 9.67. The molecule has 1 aliphatic heterocycles. The van der Waals surface area contributed by atoms with Crippen molar-refractivity contribution in [2.75, 3.05) is 4.90 Å². The lowest BCUT2D eigenvalue weighted by Crippen LogP contribution is -2.45. The van der Waals surface area contributed by atoms with Crippen LogP contribution in [0.2, 0.25) is 0 Å². The zero-order valence-corrected chi connectivity index (χ0v) is 15.3. The molecule has 122 valence electrons. The fourth-order valence-corrected chi connectivity index (χ4v) is 3.78. The minimum Gasteiger partial charge on any atom is -0.340 e. The minimum absolute atomic E-state index is 0.248. The normalized spacial score (nSPS) is 23.4. The van der Waals surface area contributed by atoms with Gasteiger partial charge >= 0.3 is 0 Å². The second kappa shape index (κ2) is 5.70. The van der Waals surface area contributed by atoms with Gasteiger partial charge in [-0.3, -0.25) is 0 Å². The molecule has 1 heteroatoms. The van der Waals surface area contributed by atoms with Crippen molar-refractivity contribution in [3.05, 3.63) is 65.4 Å². The number of rotatable bonds is 2. The van der Waals surface area contributed by atoms with E-state index in [2.05, 4.69) is 95.1 Å². The summed E-state index contributed by atoms with van der Waals surface area (Å²) in [5.41, 5.74) is 5.95. The summed E-state index contributed by atoms with van der Waals surface area (Å²) in [6, 6.07) is 7.34. The summed E-state index contributed by atoms with van der Waals surface area (Å²) in [6.07, 6.45) is 11.4. The molecule has 0 saturated heterocycles. The Balaban J connectivity index is 1.98. The maximum atomic E-state index is 2.46. The lowest BCUT2D eigenvalue weighted by molar-refractivity contribution is 0.394. The van der Waals surface area contributed by atoms with Crippen LogP contribution in [0.25, 0.3) is 0 Å². The molecule has 0 fully saturated rings. The molecule has 1 nitrogen and oxygen atoms in total. The van der Waals surface area contributed by atoms with E-state index in [1.807, 2.05) is 0 Å². The van der Waals surface area contributed by atoms with E-state index in [1.54, 1.807) is 5.57 Å². The van der Waals surface area contributed by atoms with Crippen LogP contribution in [0.1, 0.15) is 51.7 Å². The number of hydrogen-bond donors (Lipinski definition) is 0. The molecule has 3 rings (SSSR count). The molecular formula is C22H29N. The number of benzene rings is 1. The van der Waals surface area contributed by atoms with Crippen molar-refractivity contribution in [3.8, 4) is 0 Å². The molecule has 1 aromatic rings. The summed E-state index contributed by atoms with van der Waals surface area (Å²) >= 11 is 0. The molecule has 2 unspecified atom stereocenters. The van der Waals surface area contributed by atoms with Crippen molar-refractivity contribution in [2.24, 2.45) is 11.3 Å². The van der Waals surface area contributed by atoms with Crippen LogP contribution in [0, 0.1) is 18.3 Å².